The lowest BCUT2D eigenvalue weighted by Gasteiger charge is -2.37. The molecule has 1 aliphatic heterocycles. The summed E-state index contributed by atoms with van der Waals surface area (Å²) in [6, 6.07) is 0. The molecule has 1 aliphatic carbocycles. The van der Waals surface area contributed by atoms with Gasteiger partial charge in [0.05, 0.1) is 6.26 Å². The molecule has 0 saturated heterocycles. The minimum absolute atomic E-state index is 0.323. The molecule has 2 heteroatoms. The SMILES string of the molecule is CCC1C(C)=COC(O)[C@@H]2C(CC[C@@H]2C)C1C. The van der Waals surface area contributed by atoms with Gasteiger partial charge in [-0.1, -0.05) is 20.8 Å². The fourth-order valence-electron chi connectivity index (χ4n) is 4.13. The summed E-state index contributed by atoms with van der Waals surface area (Å²) in [4.78, 5) is 0. The van der Waals surface area contributed by atoms with Gasteiger partial charge in [0.2, 0.25) is 0 Å². The Morgan fingerprint density at radius 1 is 1.35 bits per heavy atom. The summed E-state index contributed by atoms with van der Waals surface area (Å²) in [5.74, 6) is 2.80. The summed E-state index contributed by atoms with van der Waals surface area (Å²) in [6.07, 6.45) is 4.84. The minimum Gasteiger partial charge on any atom is -0.472 e. The monoisotopic (exact) mass is 238 g/mol. The van der Waals surface area contributed by atoms with Crippen molar-refractivity contribution in [1.29, 1.82) is 0 Å². The van der Waals surface area contributed by atoms with Crippen LogP contribution in [-0.4, -0.2) is 11.4 Å². The van der Waals surface area contributed by atoms with Gasteiger partial charge in [-0.2, -0.15) is 0 Å². The average Bonchev–Trinajstić information content (AvgIpc) is 2.67. The van der Waals surface area contributed by atoms with Crippen molar-refractivity contribution in [3.63, 3.8) is 0 Å². The van der Waals surface area contributed by atoms with Crippen molar-refractivity contribution in [3.05, 3.63) is 11.8 Å². The van der Waals surface area contributed by atoms with Crippen molar-refractivity contribution in [2.75, 3.05) is 0 Å². The first kappa shape index (κ1) is 12.9. The molecule has 4 unspecified atom stereocenters. The van der Waals surface area contributed by atoms with Crippen LogP contribution in [0.15, 0.2) is 11.8 Å². The Labute approximate surface area is 105 Å². The summed E-state index contributed by atoms with van der Waals surface area (Å²) in [5, 5.41) is 10.2. The van der Waals surface area contributed by atoms with E-state index in [0.29, 0.717) is 29.6 Å². The number of fused-ring (bicyclic) bond motifs is 1. The van der Waals surface area contributed by atoms with Crippen molar-refractivity contribution in [2.24, 2.45) is 29.6 Å². The molecule has 98 valence electrons. The molecule has 1 fully saturated rings. The van der Waals surface area contributed by atoms with E-state index < -0.39 is 6.29 Å². The normalized spacial score (nSPS) is 46.5. The molecule has 17 heavy (non-hydrogen) atoms. The van der Waals surface area contributed by atoms with Crippen molar-refractivity contribution in [2.45, 2.75) is 53.2 Å². The summed E-state index contributed by atoms with van der Waals surface area (Å²) in [5.41, 5.74) is 1.29. The highest BCUT2D eigenvalue weighted by Gasteiger charge is 2.44. The number of hydrogen-bond donors (Lipinski definition) is 1. The van der Waals surface area contributed by atoms with Crippen LogP contribution in [0.1, 0.15) is 47.0 Å². The van der Waals surface area contributed by atoms with Crippen molar-refractivity contribution < 1.29 is 9.84 Å². The zero-order chi connectivity index (χ0) is 12.6. The van der Waals surface area contributed by atoms with E-state index in [1.165, 1.54) is 24.8 Å². The van der Waals surface area contributed by atoms with Gasteiger partial charge in [0.25, 0.3) is 0 Å². The fourth-order valence-corrected chi connectivity index (χ4v) is 4.13. The highest BCUT2D eigenvalue weighted by atomic mass is 16.6. The van der Waals surface area contributed by atoms with Crippen LogP contribution in [0.5, 0.6) is 0 Å². The van der Waals surface area contributed by atoms with Crippen LogP contribution in [-0.2, 0) is 4.74 Å². The zero-order valence-corrected chi connectivity index (χ0v) is 11.5. The van der Waals surface area contributed by atoms with Gasteiger partial charge in [-0.25, -0.2) is 0 Å². The largest absolute Gasteiger partial charge is 0.472 e. The molecule has 0 spiro atoms. The topological polar surface area (TPSA) is 29.5 Å². The Balaban J connectivity index is 2.29. The number of aliphatic hydroxyl groups is 1. The summed E-state index contributed by atoms with van der Waals surface area (Å²) >= 11 is 0. The number of aliphatic hydroxyl groups excluding tert-OH is 1. The van der Waals surface area contributed by atoms with Crippen LogP contribution in [0, 0.1) is 29.6 Å². The van der Waals surface area contributed by atoms with E-state index >= 15 is 0 Å². The predicted molar refractivity (Wildman–Crippen MR) is 69.2 cm³/mol. The number of allylic oxidation sites excluding steroid dienone is 1. The smallest absolute Gasteiger partial charge is 0.199 e. The molecular weight excluding hydrogens is 212 g/mol. The van der Waals surface area contributed by atoms with Crippen molar-refractivity contribution in [1.82, 2.24) is 0 Å². The number of ether oxygens (including phenoxy) is 1. The standard InChI is InChI=1S/C15H26O2/c1-5-12-10(3)8-17-15(16)14-9(2)6-7-13(14)11(12)4/h8-9,11-16H,5-7H2,1-4H3/t9-,11?,12?,13?,14-,15?/m0/s1. The lowest BCUT2D eigenvalue weighted by atomic mass is 9.72. The molecule has 1 N–H and O–H groups in total. The Hall–Kier alpha value is -0.500. The average molecular weight is 238 g/mol. The summed E-state index contributed by atoms with van der Waals surface area (Å²) in [6.45, 7) is 9.00. The molecule has 2 nitrogen and oxygen atoms in total. The van der Waals surface area contributed by atoms with Gasteiger partial charge in [-0.3, -0.25) is 0 Å². The van der Waals surface area contributed by atoms with Crippen molar-refractivity contribution >= 4 is 0 Å². The maximum absolute atomic E-state index is 10.2. The first-order valence-electron chi connectivity index (χ1n) is 7.06. The minimum atomic E-state index is -0.604. The lowest BCUT2D eigenvalue weighted by Crippen LogP contribution is -2.36. The van der Waals surface area contributed by atoms with E-state index in [2.05, 4.69) is 27.7 Å². The molecule has 1 heterocycles. The Morgan fingerprint density at radius 2 is 2.06 bits per heavy atom. The molecule has 2 rings (SSSR count). The third-order valence-corrected chi connectivity index (χ3v) is 5.16. The molecule has 0 aromatic heterocycles. The molecular formula is C15H26O2. The highest BCUT2D eigenvalue weighted by molar-refractivity contribution is 5.05. The molecule has 0 radical (unpaired) electrons. The van der Waals surface area contributed by atoms with Crippen LogP contribution in [0.2, 0.25) is 0 Å². The molecule has 0 bridgehead atoms. The summed E-state index contributed by atoms with van der Waals surface area (Å²) in [7, 11) is 0. The number of hydrogen-bond acceptors (Lipinski definition) is 2. The van der Waals surface area contributed by atoms with Crippen molar-refractivity contribution in [3.8, 4) is 0 Å². The van der Waals surface area contributed by atoms with Gasteiger partial charge in [-0.05, 0) is 55.4 Å². The fraction of sp³-hybridized carbons (Fsp3) is 0.867. The van der Waals surface area contributed by atoms with E-state index in [9.17, 15) is 5.11 Å². The lowest BCUT2D eigenvalue weighted by molar-refractivity contribution is -0.125. The Kier molecular flexibility index (Phi) is 3.82. The summed E-state index contributed by atoms with van der Waals surface area (Å²) < 4.78 is 5.55. The van der Waals surface area contributed by atoms with Gasteiger partial charge in [0, 0.05) is 5.92 Å². The van der Waals surface area contributed by atoms with Crippen LogP contribution in [0.4, 0.5) is 0 Å². The van der Waals surface area contributed by atoms with Gasteiger partial charge in [0.1, 0.15) is 0 Å². The van der Waals surface area contributed by atoms with Gasteiger partial charge in [-0.15, -0.1) is 0 Å². The first-order valence-corrected chi connectivity index (χ1v) is 7.06. The maximum Gasteiger partial charge on any atom is 0.199 e. The van der Waals surface area contributed by atoms with E-state index in [1.807, 2.05) is 0 Å². The molecule has 0 aromatic rings. The van der Waals surface area contributed by atoms with Crippen LogP contribution < -0.4 is 0 Å². The second-order valence-electron chi connectivity index (χ2n) is 6.06. The molecule has 0 aromatic carbocycles. The maximum atomic E-state index is 10.2. The second-order valence-corrected chi connectivity index (χ2v) is 6.06. The van der Waals surface area contributed by atoms with E-state index in [1.54, 1.807) is 6.26 Å². The van der Waals surface area contributed by atoms with E-state index in [0.717, 1.165) is 0 Å². The molecule has 2 aliphatic rings. The first-order chi connectivity index (χ1) is 8.06. The van der Waals surface area contributed by atoms with Gasteiger partial charge >= 0.3 is 0 Å². The molecule has 6 atom stereocenters. The van der Waals surface area contributed by atoms with Crippen LogP contribution in [0.25, 0.3) is 0 Å². The third-order valence-electron chi connectivity index (χ3n) is 5.16. The van der Waals surface area contributed by atoms with Crippen LogP contribution >= 0.6 is 0 Å². The highest BCUT2D eigenvalue weighted by Crippen LogP contribution is 2.48. The number of rotatable bonds is 1. The van der Waals surface area contributed by atoms with Gasteiger partial charge in [0.15, 0.2) is 6.29 Å². The third kappa shape index (κ3) is 2.24. The van der Waals surface area contributed by atoms with E-state index in [4.69, 9.17) is 4.74 Å². The van der Waals surface area contributed by atoms with Gasteiger partial charge < -0.3 is 9.84 Å². The second kappa shape index (κ2) is 5.01. The zero-order valence-electron chi connectivity index (χ0n) is 11.5. The van der Waals surface area contributed by atoms with E-state index in [-0.39, 0.29) is 0 Å². The quantitative estimate of drug-likeness (QED) is 0.757. The Bertz CT molecular complexity index is 297. The molecule has 1 saturated carbocycles. The van der Waals surface area contributed by atoms with Crippen LogP contribution in [0.3, 0.4) is 0 Å². The predicted octanol–water partition coefficient (Wildman–Crippen LogP) is 3.56. The molecule has 0 amide bonds. The Morgan fingerprint density at radius 3 is 2.71 bits per heavy atom.